The van der Waals surface area contributed by atoms with Crippen LogP contribution >= 0.6 is 0 Å². The lowest BCUT2D eigenvalue weighted by atomic mass is 10.2. The number of carbonyl (C=O) groups is 1. The molecular weight excluding hydrogens is 346 g/mol. The first kappa shape index (κ1) is 16.9. The molecule has 0 atom stereocenters. The third-order valence-corrected chi connectivity index (χ3v) is 4.07. The molecule has 0 fully saturated rings. The van der Waals surface area contributed by atoms with Gasteiger partial charge in [0.15, 0.2) is 5.76 Å². The van der Waals surface area contributed by atoms with Crippen molar-refractivity contribution in [2.45, 2.75) is 26.4 Å². The molecule has 0 aliphatic rings. The summed E-state index contributed by atoms with van der Waals surface area (Å²) in [6.45, 7) is 3.99. The van der Waals surface area contributed by atoms with Crippen LogP contribution in [0, 0.1) is 0 Å². The van der Waals surface area contributed by atoms with Crippen molar-refractivity contribution >= 4 is 16.9 Å². The number of hydrogen-bond acceptors (Lipinski definition) is 7. The minimum atomic E-state index is -0.249. The first-order chi connectivity index (χ1) is 13.1. The zero-order chi connectivity index (χ0) is 18.8. The number of rotatable bonds is 5. The zero-order valence-corrected chi connectivity index (χ0v) is 14.9. The molecule has 0 aliphatic carbocycles. The third-order valence-electron chi connectivity index (χ3n) is 4.07. The summed E-state index contributed by atoms with van der Waals surface area (Å²) in [4.78, 5) is 27.6. The molecule has 0 aliphatic heterocycles. The number of fused-ring (bicyclic) bond motifs is 1. The predicted octanol–water partition coefficient (Wildman–Crippen LogP) is 3.32. The lowest BCUT2D eigenvalue weighted by Gasteiger charge is -2.24. The van der Waals surface area contributed by atoms with Crippen molar-refractivity contribution in [3.05, 3.63) is 60.4 Å². The van der Waals surface area contributed by atoms with Crippen molar-refractivity contribution in [3.8, 4) is 11.6 Å². The summed E-state index contributed by atoms with van der Waals surface area (Å²) < 4.78 is 10.5. The smallest absolute Gasteiger partial charge is 0.274 e. The Morgan fingerprint density at radius 2 is 1.93 bits per heavy atom. The molecular formula is C19H17N5O3. The Kier molecular flexibility index (Phi) is 4.37. The van der Waals surface area contributed by atoms with Gasteiger partial charge in [-0.3, -0.25) is 9.78 Å². The second-order valence-corrected chi connectivity index (χ2v) is 6.26. The summed E-state index contributed by atoms with van der Waals surface area (Å²) in [5, 5.41) is 3.90. The van der Waals surface area contributed by atoms with Crippen LogP contribution in [0.2, 0.25) is 0 Å². The molecule has 0 saturated heterocycles. The van der Waals surface area contributed by atoms with Crippen molar-refractivity contribution < 1.29 is 13.7 Å². The predicted molar refractivity (Wildman–Crippen MR) is 96.5 cm³/mol. The molecule has 1 amide bonds. The van der Waals surface area contributed by atoms with E-state index < -0.39 is 0 Å². The van der Waals surface area contributed by atoms with E-state index >= 15 is 0 Å². The fourth-order valence-electron chi connectivity index (χ4n) is 2.67. The van der Waals surface area contributed by atoms with E-state index in [-0.39, 0.29) is 24.2 Å². The molecule has 8 heteroatoms. The number of nitrogens with zero attached hydrogens (tertiary/aromatic N) is 5. The van der Waals surface area contributed by atoms with Crippen molar-refractivity contribution in [3.63, 3.8) is 0 Å². The molecule has 0 bridgehead atoms. The van der Waals surface area contributed by atoms with Crippen LogP contribution in [-0.2, 0) is 6.54 Å². The van der Waals surface area contributed by atoms with Crippen LogP contribution in [0.15, 0.2) is 57.8 Å². The highest BCUT2D eigenvalue weighted by molar-refractivity contribution is 5.93. The number of furan rings is 1. The minimum Gasteiger partial charge on any atom is -0.461 e. The van der Waals surface area contributed by atoms with E-state index in [0.717, 1.165) is 5.52 Å². The molecule has 3 heterocycles. The molecule has 1 aromatic carbocycles. The van der Waals surface area contributed by atoms with Crippen LogP contribution in [0.1, 0.15) is 30.2 Å². The van der Waals surface area contributed by atoms with Gasteiger partial charge in [0, 0.05) is 6.04 Å². The fraction of sp³-hybridized carbons (Fsp3) is 0.211. The van der Waals surface area contributed by atoms with E-state index in [1.54, 1.807) is 17.0 Å². The second-order valence-electron chi connectivity index (χ2n) is 6.26. The Labute approximate surface area is 154 Å². The molecule has 3 aromatic heterocycles. The highest BCUT2D eigenvalue weighted by atomic mass is 16.5. The number of aromatic nitrogens is 4. The Morgan fingerprint density at radius 3 is 2.67 bits per heavy atom. The quantitative estimate of drug-likeness (QED) is 0.536. The van der Waals surface area contributed by atoms with Gasteiger partial charge in [-0.05, 0) is 38.1 Å². The van der Waals surface area contributed by atoms with Crippen LogP contribution in [0.4, 0.5) is 0 Å². The van der Waals surface area contributed by atoms with Gasteiger partial charge in [0.2, 0.25) is 11.7 Å². The van der Waals surface area contributed by atoms with Gasteiger partial charge >= 0.3 is 0 Å². The molecule has 0 spiro atoms. The van der Waals surface area contributed by atoms with Gasteiger partial charge in [0.1, 0.15) is 12.2 Å². The number of amides is 1. The first-order valence-electron chi connectivity index (χ1n) is 8.51. The van der Waals surface area contributed by atoms with E-state index in [0.29, 0.717) is 23.0 Å². The van der Waals surface area contributed by atoms with E-state index in [4.69, 9.17) is 8.94 Å². The average molecular weight is 363 g/mol. The van der Waals surface area contributed by atoms with E-state index in [2.05, 4.69) is 20.1 Å². The number of para-hydroxylation sites is 2. The highest BCUT2D eigenvalue weighted by Crippen LogP contribution is 2.18. The highest BCUT2D eigenvalue weighted by Gasteiger charge is 2.24. The summed E-state index contributed by atoms with van der Waals surface area (Å²) in [6, 6.07) is 10.8. The molecule has 0 radical (unpaired) electrons. The summed E-state index contributed by atoms with van der Waals surface area (Å²) in [7, 11) is 0. The molecule has 0 saturated carbocycles. The Morgan fingerprint density at radius 1 is 1.11 bits per heavy atom. The van der Waals surface area contributed by atoms with Gasteiger partial charge < -0.3 is 13.8 Å². The van der Waals surface area contributed by atoms with Gasteiger partial charge in [-0.15, -0.1) is 0 Å². The summed E-state index contributed by atoms with van der Waals surface area (Å²) in [6.07, 6.45) is 3.02. The van der Waals surface area contributed by atoms with Crippen LogP contribution in [-0.4, -0.2) is 37.0 Å². The average Bonchev–Trinajstić information content (AvgIpc) is 3.36. The Hall–Kier alpha value is -3.55. The summed E-state index contributed by atoms with van der Waals surface area (Å²) >= 11 is 0. The molecule has 4 aromatic rings. The Bertz CT molecular complexity index is 1070. The molecule has 136 valence electrons. The second kappa shape index (κ2) is 6.99. The van der Waals surface area contributed by atoms with Crippen LogP contribution in [0.3, 0.4) is 0 Å². The standard InChI is InChI=1S/C19H17N5O3/c1-12(2)24(11-17-22-18(23-27-17)16-8-5-9-26-16)19(25)15-10-20-13-6-3-4-7-14(13)21-15/h3-10,12H,11H2,1-2H3. The van der Waals surface area contributed by atoms with E-state index in [1.807, 2.05) is 38.1 Å². The van der Waals surface area contributed by atoms with Crippen molar-refractivity contribution in [2.75, 3.05) is 0 Å². The molecule has 8 nitrogen and oxygen atoms in total. The van der Waals surface area contributed by atoms with Gasteiger partial charge in [-0.2, -0.15) is 4.98 Å². The normalized spacial score (nSPS) is 11.2. The number of benzene rings is 1. The van der Waals surface area contributed by atoms with Gasteiger partial charge in [0.25, 0.3) is 5.91 Å². The largest absolute Gasteiger partial charge is 0.461 e. The molecule has 0 unspecified atom stereocenters. The van der Waals surface area contributed by atoms with Crippen LogP contribution in [0.5, 0.6) is 0 Å². The summed E-state index contributed by atoms with van der Waals surface area (Å²) in [5.41, 5.74) is 1.68. The minimum absolute atomic E-state index is 0.0928. The monoisotopic (exact) mass is 363 g/mol. The maximum atomic E-state index is 13.0. The number of carbonyl (C=O) groups excluding carboxylic acids is 1. The van der Waals surface area contributed by atoms with E-state index in [9.17, 15) is 4.79 Å². The first-order valence-corrected chi connectivity index (χ1v) is 8.51. The molecule has 27 heavy (non-hydrogen) atoms. The maximum Gasteiger partial charge on any atom is 0.274 e. The van der Waals surface area contributed by atoms with Crippen molar-refractivity contribution in [1.29, 1.82) is 0 Å². The van der Waals surface area contributed by atoms with Crippen molar-refractivity contribution in [1.82, 2.24) is 25.0 Å². The lowest BCUT2D eigenvalue weighted by Crippen LogP contribution is -2.37. The van der Waals surface area contributed by atoms with Crippen LogP contribution < -0.4 is 0 Å². The van der Waals surface area contributed by atoms with Crippen LogP contribution in [0.25, 0.3) is 22.6 Å². The maximum absolute atomic E-state index is 13.0. The molecule has 0 N–H and O–H groups in total. The zero-order valence-electron chi connectivity index (χ0n) is 14.9. The van der Waals surface area contributed by atoms with Gasteiger partial charge in [-0.1, -0.05) is 17.3 Å². The lowest BCUT2D eigenvalue weighted by molar-refractivity contribution is 0.0661. The SMILES string of the molecule is CC(C)N(Cc1nc(-c2ccco2)no1)C(=O)c1cnc2ccccc2n1. The van der Waals surface area contributed by atoms with E-state index in [1.165, 1.54) is 12.5 Å². The summed E-state index contributed by atoms with van der Waals surface area (Å²) in [5.74, 6) is 0.919. The Balaban J connectivity index is 1.59. The molecule has 4 rings (SSSR count). The van der Waals surface area contributed by atoms with Crippen molar-refractivity contribution in [2.24, 2.45) is 0 Å². The van der Waals surface area contributed by atoms with Gasteiger partial charge in [-0.25, -0.2) is 4.98 Å². The van der Waals surface area contributed by atoms with Gasteiger partial charge in [0.05, 0.1) is 23.5 Å². The third kappa shape index (κ3) is 3.41. The fourth-order valence-corrected chi connectivity index (χ4v) is 2.67. The topological polar surface area (TPSA) is 98.2 Å². The number of hydrogen-bond donors (Lipinski definition) is 0.